The van der Waals surface area contributed by atoms with E-state index in [0.29, 0.717) is 21.4 Å². The Morgan fingerprint density at radius 3 is 2.44 bits per heavy atom. The van der Waals surface area contributed by atoms with E-state index in [4.69, 9.17) is 23.2 Å². The number of aromatic nitrogens is 2. The van der Waals surface area contributed by atoms with E-state index in [-0.39, 0.29) is 0 Å². The van der Waals surface area contributed by atoms with Crippen LogP contribution in [0.5, 0.6) is 0 Å². The molecule has 1 heterocycles. The Hall–Kier alpha value is -1.06. The van der Waals surface area contributed by atoms with Gasteiger partial charge < -0.3 is 0 Å². The van der Waals surface area contributed by atoms with Gasteiger partial charge >= 0.3 is 0 Å². The lowest BCUT2D eigenvalue weighted by molar-refractivity contribution is 0.359. The van der Waals surface area contributed by atoms with E-state index in [1.54, 1.807) is 24.3 Å². The standard InChI is InChI=1S/C11H9Cl2FN2/c1-7(14)10-5-6-15-16(10)11-8(12)3-2-4-9(11)13/h2-7H,1H3. The smallest absolute Gasteiger partial charge is 0.139 e. The molecule has 5 heteroatoms. The summed E-state index contributed by atoms with van der Waals surface area (Å²) in [6, 6.07) is 6.72. The van der Waals surface area contributed by atoms with Gasteiger partial charge in [0.2, 0.25) is 0 Å². The monoisotopic (exact) mass is 258 g/mol. The van der Waals surface area contributed by atoms with E-state index >= 15 is 0 Å². The van der Waals surface area contributed by atoms with Gasteiger partial charge in [-0.15, -0.1) is 0 Å². The second-order valence-corrected chi connectivity index (χ2v) is 4.17. The highest BCUT2D eigenvalue weighted by atomic mass is 35.5. The second-order valence-electron chi connectivity index (χ2n) is 3.35. The third kappa shape index (κ3) is 1.93. The minimum atomic E-state index is -1.13. The molecular formula is C11H9Cl2FN2. The SMILES string of the molecule is CC(F)c1ccnn1-c1c(Cl)cccc1Cl. The highest BCUT2D eigenvalue weighted by Crippen LogP contribution is 2.30. The number of hydrogen-bond acceptors (Lipinski definition) is 1. The summed E-state index contributed by atoms with van der Waals surface area (Å²) >= 11 is 12.1. The Balaban J connectivity index is 2.63. The Bertz CT molecular complexity index is 488. The van der Waals surface area contributed by atoms with Crippen molar-refractivity contribution in [1.82, 2.24) is 9.78 Å². The Morgan fingerprint density at radius 2 is 1.88 bits per heavy atom. The molecule has 0 bridgehead atoms. The number of hydrogen-bond donors (Lipinski definition) is 0. The van der Waals surface area contributed by atoms with Crippen LogP contribution in [0.1, 0.15) is 18.8 Å². The first-order valence-corrected chi connectivity index (χ1v) is 5.49. The number of benzene rings is 1. The first-order chi connectivity index (χ1) is 7.61. The first kappa shape index (κ1) is 11.4. The maximum Gasteiger partial charge on any atom is 0.139 e. The molecule has 0 aliphatic rings. The molecule has 1 unspecified atom stereocenters. The molecule has 1 aromatic heterocycles. The van der Waals surface area contributed by atoms with Crippen LogP contribution in [0, 0.1) is 0 Å². The predicted octanol–water partition coefficient (Wildman–Crippen LogP) is 4.21. The maximum atomic E-state index is 13.3. The first-order valence-electron chi connectivity index (χ1n) is 4.73. The third-order valence-electron chi connectivity index (χ3n) is 2.23. The fourth-order valence-electron chi connectivity index (χ4n) is 1.49. The van der Waals surface area contributed by atoms with E-state index in [1.807, 2.05) is 0 Å². The van der Waals surface area contributed by atoms with Crippen LogP contribution in [0.15, 0.2) is 30.5 Å². The predicted molar refractivity (Wildman–Crippen MR) is 63.1 cm³/mol. The fraction of sp³-hybridized carbons (Fsp3) is 0.182. The molecule has 2 aromatic rings. The second kappa shape index (κ2) is 4.44. The average Bonchev–Trinajstić information content (AvgIpc) is 2.66. The molecule has 84 valence electrons. The number of alkyl halides is 1. The molecule has 16 heavy (non-hydrogen) atoms. The van der Waals surface area contributed by atoms with Crippen molar-refractivity contribution >= 4 is 23.2 Å². The normalized spacial score (nSPS) is 12.8. The third-order valence-corrected chi connectivity index (χ3v) is 2.84. The largest absolute Gasteiger partial charge is 0.241 e. The van der Waals surface area contributed by atoms with Crippen molar-refractivity contribution in [2.75, 3.05) is 0 Å². The van der Waals surface area contributed by atoms with E-state index < -0.39 is 6.17 Å². The van der Waals surface area contributed by atoms with Gasteiger partial charge in [-0.3, -0.25) is 0 Å². The molecule has 0 spiro atoms. The lowest BCUT2D eigenvalue weighted by Crippen LogP contribution is -2.04. The van der Waals surface area contributed by atoms with E-state index in [9.17, 15) is 4.39 Å². The van der Waals surface area contributed by atoms with Gasteiger partial charge in [0.1, 0.15) is 11.9 Å². The summed E-state index contributed by atoms with van der Waals surface area (Å²) < 4.78 is 14.8. The molecule has 2 rings (SSSR count). The van der Waals surface area contributed by atoms with Gasteiger partial charge in [0.05, 0.1) is 15.7 Å². The van der Waals surface area contributed by atoms with Crippen LogP contribution in [0.3, 0.4) is 0 Å². The molecule has 0 fully saturated rings. The number of para-hydroxylation sites is 1. The molecule has 0 N–H and O–H groups in total. The zero-order valence-corrected chi connectivity index (χ0v) is 10.0. The van der Waals surface area contributed by atoms with Crippen LogP contribution in [-0.4, -0.2) is 9.78 Å². The van der Waals surface area contributed by atoms with Crippen molar-refractivity contribution < 1.29 is 4.39 Å². The van der Waals surface area contributed by atoms with Crippen LogP contribution < -0.4 is 0 Å². The zero-order valence-electron chi connectivity index (χ0n) is 8.49. The average molecular weight is 259 g/mol. The molecule has 0 saturated heterocycles. The van der Waals surface area contributed by atoms with Crippen molar-refractivity contribution in [3.05, 3.63) is 46.2 Å². The van der Waals surface area contributed by atoms with Crippen LogP contribution in [0.4, 0.5) is 4.39 Å². The summed E-state index contributed by atoms with van der Waals surface area (Å²) in [5, 5.41) is 4.92. The molecular weight excluding hydrogens is 250 g/mol. The Kier molecular flexibility index (Phi) is 3.17. The van der Waals surface area contributed by atoms with Gasteiger partial charge in [-0.05, 0) is 25.1 Å². The van der Waals surface area contributed by atoms with Crippen molar-refractivity contribution in [3.63, 3.8) is 0 Å². The molecule has 1 atom stereocenters. The van der Waals surface area contributed by atoms with Crippen LogP contribution in [0.2, 0.25) is 10.0 Å². The van der Waals surface area contributed by atoms with E-state index in [0.717, 1.165) is 0 Å². The van der Waals surface area contributed by atoms with Crippen molar-refractivity contribution in [2.45, 2.75) is 13.1 Å². The van der Waals surface area contributed by atoms with Gasteiger partial charge in [-0.2, -0.15) is 5.10 Å². The molecule has 0 saturated carbocycles. The fourth-order valence-corrected chi connectivity index (χ4v) is 2.05. The Morgan fingerprint density at radius 1 is 1.25 bits per heavy atom. The molecule has 0 amide bonds. The molecule has 2 nitrogen and oxygen atoms in total. The molecule has 1 aromatic carbocycles. The van der Waals surface area contributed by atoms with E-state index in [2.05, 4.69) is 5.10 Å². The lowest BCUT2D eigenvalue weighted by atomic mass is 10.2. The van der Waals surface area contributed by atoms with Gasteiger partial charge in [0.25, 0.3) is 0 Å². The summed E-state index contributed by atoms with van der Waals surface area (Å²) in [7, 11) is 0. The van der Waals surface area contributed by atoms with Crippen LogP contribution >= 0.6 is 23.2 Å². The number of nitrogens with zero attached hydrogens (tertiary/aromatic N) is 2. The highest BCUT2D eigenvalue weighted by Gasteiger charge is 2.15. The Labute approximate surface area is 103 Å². The summed E-state index contributed by atoms with van der Waals surface area (Å²) in [4.78, 5) is 0. The lowest BCUT2D eigenvalue weighted by Gasteiger charge is -2.11. The summed E-state index contributed by atoms with van der Waals surface area (Å²) in [6.07, 6.45) is 0.389. The quantitative estimate of drug-likeness (QED) is 0.789. The summed E-state index contributed by atoms with van der Waals surface area (Å²) in [5.41, 5.74) is 0.935. The van der Waals surface area contributed by atoms with Gasteiger partial charge in [-0.25, -0.2) is 9.07 Å². The van der Waals surface area contributed by atoms with Gasteiger partial charge in [0.15, 0.2) is 0 Å². The summed E-state index contributed by atoms with van der Waals surface area (Å²) in [6.45, 7) is 1.44. The highest BCUT2D eigenvalue weighted by molar-refractivity contribution is 6.37. The molecule has 0 radical (unpaired) electrons. The molecule has 0 aliphatic heterocycles. The number of halogens is 3. The summed E-state index contributed by atoms with van der Waals surface area (Å²) in [5.74, 6) is 0. The number of rotatable bonds is 2. The topological polar surface area (TPSA) is 17.8 Å². The van der Waals surface area contributed by atoms with Crippen LogP contribution in [-0.2, 0) is 0 Å². The molecule has 0 aliphatic carbocycles. The van der Waals surface area contributed by atoms with Crippen molar-refractivity contribution in [2.24, 2.45) is 0 Å². The minimum absolute atomic E-state index is 0.426. The minimum Gasteiger partial charge on any atom is -0.241 e. The van der Waals surface area contributed by atoms with Gasteiger partial charge in [-0.1, -0.05) is 29.3 Å². The van der Waals surface area contributed by atoms with Crippen molar-refractivity contribution in [3.8, 4) is 5.69 Å². The van der Waals surface area contributed by atoms with Gasteiger partial charge in [0, 0.05) is 6.20 Å². The van der Waals surface area contributed by atoms with Crippen molar-refractivity contribution in [1.29, 1.82) is 0 Å². The van der Waals surface area contributed by atoms with Crippen LogP contribution in [0.25, 0.3) is 5.69 Å². The zero-order chi connectivity index (χ0) is 11.7. The van der Waals surface area contributed by atoms with E-state index in [1.165, 1.54) is 17.8 Å². The maximum absolute atomic E-state index is 13.3.